The molecular weight excluding hydrogens is 447 g/mol. The number of aromatic nitrogens is 1. The van der Waals surface area contributed by atoms with Crippen molar-refractivity contribution in [2.45, 2.75) is 44.6 Å². The Morgan fingerprint density at radius 3 is 2.82 bits per heavy atom. The first-order chi connectivity index (χ1) is 16.0. The molecular formula is C24H28ClFN4O3. The van der Waals surface area contributed by atoms with E-state index in [9.17, 15) is 9.18 Å². The smallest absolute Gasteiger partial charge is 0.303 e. The maximum atomic E-state index is 14.2. The van der Waals surface area contributed by atoms with Gasteiger partial charge in [0.2, 0.25) is 0 Å². The molecule has 0 radical (unpaired) electrons. The molecule has 2 aliphatic rings. The predicted molar refractivity (Wildman–Crippen MR) is 125 cm³/mol. The second kappa shape index (κ2) is 11.6. The van der Waals surface area contributed by atoms with Gasteiger partial charge in [-0.05, 0) is 60.7 Å². The largest absolute Gasteiger partial charge is 0.366 e. The minimum absolute atomic E-state index is 0.285. The number of carbonyl (C=O) groups excluding carboxylic acids is 1. The molecule has 4 rings (SSSR count). The fourth-order valence-corrected chi connectivity index (χ4v) is 4.04. The van der Waals surface area contributed by atoms with E-state index in [1.807, 2.05) is 24.3 Å². The number of pyridine rings is 1. The van der Waals surface area contributed by atoms with Crippen LogP contribution < -0.4 is 10.8 Å². The van der Waals surface area contributed by atoms with Crippen LogP contribution in [0.2, 0.25) is 5.02 Å². The van der Waals surface area contributed by atoms with Gasteiger partial charge in [0, 0.05) is 49.9 Å². The van der Waals surface area contributed by atoms with Crippen LogP contribution >= 0.6 is 11.6 Å². The Bertz CT molecular complexity index is 949. The highest BCUT2D eigenvalue weighted by Gasteiger charge is 2.22. The molecule has 1 aromatic carbocycles. The standard InChI is InChI=1S/C24H28ClFN4O3/c25-19-7-4-17(5-8-19)15-30-11-10-20(16-30)28-22-9-6-18(14-27-22)13-21(26)24(31)29-33-23-3-1-2-12-32-23/h4-9,13-14,20,23H,1-3,10-12,15-16H2,(H,27,28)(H,29,31)/b21-13+/t20-,23?/m1/s1. The first kappa shape index (κ1) is 23.6. The van der Waals surface area contributed by atoms with E-state index in [4.69, 9.17) is 21.2 Å². The van der Waals surface area contributed by atoms with E-state index >= 15 is 0 Å². The highest BCUT2D eigenvalue weighted by molar-refractivity contribution is 6.30. The number of rotatable bonds is 8. The maximum Gasteiger partial charge on any atom is 0.303 e. The molecule has 2 aliphatic heterocycles. The molecule has 9 heteroatoms. The number of halogens is 2. The van der Waals surface area contributed by atoms with Gasteiger partial charge in [0.15, 0.2) is 12.1 Å². The summed E-state index contributed by atoms with van der Waals surface area (Å²) in [5.41, 5.74) is 3.82. The Morgan fingerprint density at radius 2 is 2.09 bits per heavy atom. The van der Waals surface area contributed by atoms with E-state index in [0.29, 0.717) is 24.4 Å². The van der Waals surface area contributed by atoms with Crippen LogP contribution in [0.25, 0.3) is 6.08 Å². The third-order valence-electron chi connectivity index (χ3n) is 5.66. The van der Waals surface area contributed by atoms with Crippen LogP contribution in [0, 0.1) is 0 Å². The van der Waals surface area contributed by atoms with Crippen LogP contribution in [-0.4, -0.2) is 47.8 Å². The molecule has 2 atom stereocenters. The number of nitrogens with zero attached hydrogens (tertiary/aromatic N) is 2. The van der Waals surface area contributed by atoms with E-state index in [1.54, 1.807) is 12.1 Å². The summed E-state index contributed by atoms with van der Waals surface area (Å²) in [6.45, 7) is 3.36. The van der Waals surface area contributed by atoms with Crippen molar-refractivity contribution in [3.63, 3.8) is 0 Å². The predicted octanol–water partition coefficient (Wildman–Crippen LogP) is 4.31. The molecule has 2 fully saturated rings. The summed E-state index contributed by atoms with van der Waals surface area (Å²) in [7, 11) is 0. The molecule has 0 aliphatic carbocycles. The maximum absolute atomic E-state index is 14.2. The van der Waals surface area contributed by atoms with Gasteiger partial charge in [-0.1, -0.05) is 23.7 Å². The third kappa shape index (κ3) is 7.23. The highest BCUT2D eigenvalue weighted by atomic mass is 35.5. The number of nitrogens with one attached hydrogen (secondary N) is 2. The topological polar surface area (TPSA) is 75.7 Å². The summed E-state index contributed by atoms with van der Waals surface area (Å²) in [4.78, 5) is 23.7. The normalized spacial score (nSPS) is 21.7. The molecule has 1 unspecified atom stereocenters. The van der Waals surface area contributed by atoms with Gasteiger partial charge in [0.05, 0.1) is 0 Å². The number of benzene rings is 1. The monoisotopic (exact) mass is 474 g/mol. The van der Waals surface area contributed by atoms with E-state index in [2.05, 4.69) is 20.7 Å². The Hall–Kier alpha value is -2.52. The quantitative estimate of drug-likeness (QED) is 0.438. The van der Waals surface area contributed by atoms with Crippen molar-refractivity contribution in [3.8, 4) is 0 Å². The zero-order valence-corrected chi connectivity index (χ0v) is 19.1. The van der Waals surface area contributed by atoms with Gasteiger partial charge in [-0.3, -0.25) is 9.69 Å². The van der Waals surface area contributed by atoms with Crippen LogP contribution in [0.4, 0.5) is 10.2 Å². The number of hydrogen-bond donors (Lipinski definition) is 2. The van der Waals surface area contributed by atoms with Crippen LogP contribution in [0.15, 0.2) is 48.4 Å². The molecule has 1 aromatic heterocycles. The number of ether oxygens (including phenoxy) is 1. The summed E-state index contributed by atoms with van der Waals surface area (Å²) in [6, 6.07) is 11.7. The minimum atomic E-state index is -0.957. The molecule has 176 valence electrons. The van der Waals surface area contributed by atoms with Crippen molar-refractivity contribution in [1.29, 1.82) is 0 Å². The SMILES string of the molecule is O=C(NOC1CCCCO1)/C(F)=C\c1ccc(N[C@@H]2CCN(Cc3ccc(Cl)cc3)C2)nc1. The van der Waals surface area contributed by atoms with Crippen molar-refractivity contribution in [2.24, 2.45) is 0 Å². The summed E-state index contributed by atoms with van der Waals surface area (Å²) >= 11 is 5.95. The number of hydroxylamine groups is 1. The summed E-state index contributed by atoms with van der Waals surface area (Å²) < 4.78 is 19.5. The van der Waals surface area contributed by atoms with Gasteiger partial charge in [-0.2, -0.15) is 0 Å². The minimum Gasteiger partial charge on any atom is -0.366 e. The van der Waals surface area contributed by atoms with Crippen molar-refractivity contribution >= 4 is 29.4 Å². The van der Waals surface area contributed by atoms with E-state index < -0.39 is 18.0 Å². The number of carbonyl (C=O) groups is 1. The Labute approximate surface area is 197 Å². The van der Waals surface area contributed by atoms with Gasteiger partial charge >= 0.3 is 5.91 Å². The summed E-state index contributed by atoms with van der Waals surface area (Å²) in [6.07, 6.45) is 5.72. The van der Waals surface area contributed by atoms with Gasteiger partial charge in [-0.25, -0.2) is 19.7 Å². The van der Waals surface area contributed by atoms with Gasteiger partial charge in [0.1, 0.15) is 5.82 Å². The molecule has 2 saturated heterocycles. The molecule has 2 aromatic rings. The number of likely N-dealkylation sites (tertiary alicyclic amines) is 1. The molecule has 33 heavy (non-hydrogen) atoms. The number of amides is 1. The zero-order chi connectivity index (χ0) is 23.0. The first-order valence-electron chi connectivity index (χ1n) is 11.2. The van der Waals surface area contributed by atoms with E-state index in [0.717, 1.165) is 50.0 Å². The van der Waals surface area contributed by atoms with Crippen LogP contribution in [0.3, 0.4) is 0 Å². The van der Waals surface area contributed by atoms with E-state index in [1.165, 1.54) is 11.8 Å². The molecule has 0 saturated carbocycles. The van der Waals surface area contributed by atoms with Crippen molar-refractivity contribution in [1.82, 2.24) is 15.4 Å². The fraction of sp³-hybridized carbons (Fsp3) is 0.417. The van der Waals surface area contributed by atoms with Crippen LogP contribution in [0.5, 0.6) is 0 Å². The molecule has 0 spiro atoms. The lowest BCUT2D eigenvalue weighted by atomic mass is 10.2. The number of hydrogen-bond acceptors (Lipinski definition) is 6. The molecule has 3 heterocycles. The van der Waals surface area contributed by atoms with Crippen molar-refractivity contribution in [3.05, 3.63) is 64.6 Å². The van der Waals surface area contributed by atoms with Crippen LogP contribution in [-0.2, 0) is 20.9 Å². The van der Waals surface area contributed by atoms with Crippen LogP contribution in [0.1, 0.15) is 36.8 Å². The molecule has 0 bridgehead atoms. The zero-order valence-electron chi connectivity index (χ0n) is 18.3. The highest BCUT2D eigenvalue weighted by Crippen LogP contribution is 2.19. The summed E-state index contributed by atoms with van der Waals surface area (Å²) in [5, 5.41) is 4.17. The first-order valence-corrected chi connectivity index (χ1v) is 11.6. The lowest BCUT2D eigenvalue weighted by Crippen LogP contribution is -2.33. The second-order valence-corrected chi connectivity index (χ2v) is 8.74. The second-order valence-electron chi connectivity index (χ2n) is 8.31. The Kier molecular flexibility index (Phi) is 8.28. The fourth-order valence-electron chi connectivity index (χ4n) is 3.91. The molecule has 7 nitrogen and oxygen atoms in total. The lowest BCUT2D eigenvalue weighted by molar-refractivity contribution is -0.199. The van der Waals surface area contributed by atoms with Gasteiger partial charge in [0.25, 0.3) is 0 Å². The summed E-state index contributed by atoms with van der Waals surface area (Å²) in [5.74, 6) is -1.19. The van der Waals surface area contributed by atoms with Gasteiger partial charge < -0.3 is 10.1 Å². The average molecular weight is 475 g/mol. The Morgan fingerprint density at radius 1 is 1.24 bits per heavy atom. The number of anilines is 1. The van der Waals surface area contributed by atoms with E-state index in [-0.39, 0.29) is 6.04 Å². The lowest BCUT2D eigenvalue weighted by Gasteiger charge is -2.21. The van der Waals surface area contributed by atoms with Crippen molar-refractivity contribution in [2.75, 3.05) is 25.0 Å². The van der Waals surface area contributed by atoms with Crippen molar-refractivity contribution < 1.29 is 18.8 Å². The Balaban J connectivity index is 1.23. The molecule has 1 amide bonds. The third-order valence-corrected chi connectivity index (χ3v) is 5.91. The molecule has 2 N–H and O–H groups in total. The average Bonchev–Trinajstić information content (AvgIpc) is 3.27. The van der Waals surface area contributed by atoms with Gasteiger partial charge in [-0.15, -0.1) is 0 Å².